The van der Waals surface area contributed by atoms with Gasteiger partial charge in [0.1, 0.15) is 6.04 Å². The number of thiol groups is 1. The highest BCUT2D eigenvalue weighted by Gasteiger charge is 2.18. The number of hydrogen-bond donors (Lipinski definition) is 3. The fourth-order valence-electron chi connectivity index (χ4n) is 0.470. The highest BCUT2D eigenvalue weighted by atomic mass is 32.1. The van der Waals surface area contributed by atoms with Crippen molar-refractivity contribution in [3.8, 4) is 0 Å². The monoisotopic (exact) mass is 179 g/mol. The average Bonchev–Trinajstić information content (AvgIpc) is 1.98. The number of esters is 1. The van der Waals surface area contributed by atoms with Gasteiger partial charge >= 0.3 is 12.1 Å². The van der Waals surface area contributed by atoms with Gasteiger partial charge in [-0.2, -0.15) is 12.6 Å². The van der Waals surface area contributed by atoms with Crippen molar-refractivity contribution in [3.63, 3.8) is 0 Å². The van der Waals surface area contributed by atoms with E-state index in [0.717, 1.165) is 0 Å². The van der Waals surface area contributed by atoms with E-state index in [1.54, 1.807) is 0 Å². The van der Waals surface area contributed by atoms with E-state index in [4.69, 9.17) is 5.11 Å². The van der Waals surface area contributed by atoms with Crippen LogP contribution in [0.15, 0.2) is 0 Å². The van der Waals surface area contributed by atoms with Crippen molar-refractivity contribution in [3.05, 3.63) is 0 Å². The third-order valence-corrected chi connectivity index (χ3v) is 1.33. The van der Waals surface area contributed by atoms with Gasteiger partial charge in [-0.05, 0) is 0 Å². The van der Waals surface area contributed by atoms with Crippen LogP contribution in [0.25, 0.3) is 0 Å². The summed E-state index contributed by atoms with van der Waals surface area (Å²) in [4.78, 5) is 20.7. The number of carbonyl (C=O) groups excluding carboxylic acids is 1. The Labute approximate surface area is 69.1 Å². The molecule has 1 amide bonds. The van der Waals surface area contributed by atoms with Gasteiger partial charge in [-0.3, -0.25) is 0 Å². The third-order valence-electron chi connectivity index (χ3n) is 0.966. The Kier molecular flexibility index (Phi) is 4.44. The van der Waals surface area contributed by atoms with Crippen LogP contribution in [0.3, 0.4) is 0 Å². The zero-order valence-corrected chi connectivity index (χ0v) is 6.80. The Balaban J connectivity index is 3.94. The van der Waals surface area contributed by atoms with Crippen LogP contribution in [-0.4, -0.2) is 36.1 Å². The molecule has 0 saturated carbocycles. The maximum atomic E-state index is 10.7. The molecule has 0 aliphatic rings. The van der Waals surface area contributed by atoms with E-state index in [1.807, 2.05) is 5.32 Å². The molecule has 0 fully saturated rings. The zero-order valence-electron chi connectivity index (χ0n) is 5.90. The molecule has 0 aromatic carbocycles. The van der Waals surface area contributed by atoms with Crippen LogP contribution >= 0.6 is 12.6 Å². The van der Waals surface area contributed by atoms with Crippen LogP contribution in [0.1, 0.15) is 0 Å². The van der Waals surface area contributed by atoms with E-state index >= 15 is 0 Å². The molecular weight excluding hydrogens is 170 g/mol. The molecule has 0 saturated heterocycles. The molecule has 0 bridgehead atoms. The Morgan fingerprint density at radius 2 is 2.27 bits per heavy atom. The molecule has 11 heavy (non-hydrogen) atoms. The first-order chi connectivity index (χ1) is 5.11. The van der Waals surface area contributed by atoms with Gasteiger partial charge in [0.2, 0.25) is 0 Å². The van der Waals surface area contributed by atoms with Crippen molar-refractivity contribution < 1.29 is 19.4 Å². The standard InChI is InChI=1S/C5H9NO4S/c1-10-4(7)3(2-11)6-5(8)9/h3,6,11H,2H2,1H3,(H,8,9)/t3-/m0/s1. The Morgan fingerprint density at radius 3 is 2.55 bits per heavy atom. The number of rotatable bonds is 3. The van der Waals surface area contributed by atoms with Gasteiger partial charge in [-0.15, -0.1) is 0 Å². The lowest BCUT2D eigenvalue weighted by atomic mass is 10.3. The number of carboxylic acid groups (broad SMARTS) is 1. The quantitative estimate of drug-likeness (QED) is 0.411. The lowest BCUT2D eigenvalue weighted by Crippen LogP contribution is -2.42. The van der Waals surface area contributed by atoms with Crippen LogP contribution in [-0.2, 0) is 9.53 Å². The zero-order chi connectivity index (χ0) is 8.85. The van der Waals surface area contributed by atoms with Gasteiger partial charge in [-0.25, -0.2) is 9.59 Å². The normalized spacial score (nSPS) is 11.8. The Bertz CT molecular complexity index is 161. The summed E-state index contributed by atoms with van der Waals surface area (Å²) in [7, 11) is 1.18. The van der Waals surface area contributed by atoms with Crippen LogP contribution in [0, 0.1) is 0 Å². The number of amides is 1. The maximum absolute atomic E-state index is 10.7. The van der Waals surface area contributed by atoms with Gasteiger partial charge in [0.05, 0.1) is 7.11 Å². The molecule has 1 atom stereocenters. The van der Waals surface area contributed by atoms with E-state index in [1.165, 1.54) is 7.11 Å². The second kappa shape index (κ2) is 4.84. The largest absolute Gasteiger partial charge is 0.467 e. The summed E-state index contributed by atoms with van der Waals surface area (Å²) in [6.07, 6.45) is -1.27. The fraction of sp³-hybridized carbons (Fsp3) is 0.600. The van der Waals surface area contributed by atoms with E-state index in [9.17, 15) is 9.59 Å². The molecule has 0 aromatic rings. The molecule has 64 valence electrons. The van der Waals surface area contributed by atoms with Gasteiger partial charge in [0.15, 0.2) is 0 Å². The highest BCUT2D eigenvalue weighted by Crippen LogP contribution is 1.90. The number of carbonyl (C=O) groups is 2. The van der Waals surface area contributed by atoms with Crippen molar-refractivity contribution in [2.45, 2.75) is 6.04 Å². The third kappa shape index (κ3) is 3.72. The molecule has 0 aliphatic carbocycles. The summed E-state index contributed by atoms with van der Waals surface area (Å²) in [5.41, 5.74) is 0. The molecule has 0 spiro atoms. The van der Waals surface area contributed by atoms with Crippen LogP contribution < -0.4 is 5.32 Å². The summed E-state index contributed by atoms with van der Waals surface area (Å²) in [6, 6.07) is -0.888. The predicted octanol–water partition coefficient (Wildman–Crippen LogP) is -0.275. The molecule has 0 unspecified atom stereocenters. The summed E-state index contributed by atoms with van der Waals surface area (Å²) in [5, 5.41) is 10.2. The molecule has 0 rings (SSSR count). The number of nitrogens with one attached hydrogen (secondary N) is 1. The van der Waals surface area contributed by atoms with E-state index in [-0.39, 0.29) is 5.75 Å². The first-order valence-electron chi connectivity index (χ1n) is 2.80. The minimum atomic E-state index is -1.27. The average molecular weight is 179 g/mol. The van der Waals surface area contributed by atoms with Gasteiger partial charge in [0.25, 0.3) is 0 Å². The summed E-state index contributed by atoms with van der Waals surface area (Å²) in [6.45, 7) is 0. The van der Waals surface area contributed by atoms with E-state index < -0.39 is 18.1 Å². The number of methoxy groups -OCH3 is 1. The minimum Gasteiger partial charge on any atom is -0.467 e. The fourth-order valence-corrected chi connectivity index (χ4v) is 0.711. The molecule has 0 heterocycles. The van der Waals surface area contributed by atoms with Crippen molar-refractivity contribution in [2.75, 3.05) is 12.9 Å². The first kappa shape index (κ1) is 10.1. The van der Waals surface area contributed by atoms with Crippen LogP contribution in [0.5, 0.6) is 0 Å². The molecule has 0 aromatic heterocycles. The van der Waals surface area contributed by atoms with Gasteiger partial charge in [0, 0.05) is 5.75 Å². The Hall–Kier alpha value is -0.910. The lowest BCUT2D eigenvalue weighted by molar-refractivity contribution is -0.142. The highest BCUT2D eigenvalue weighted by molar-refractivity contribution is 7.80. The Morgan fingerprint density at radius 1 is 1.73 bits per heavy atom. The van der Waals surface area contributed by atoms with E-state index in [2.05, 4.69) is 17.4 Å². The predicted molar refractivity (Wildman–Crippen MR) is 40.8 cm³/mol. The van der Waals surface area contributed by atoms with Crippen molar-refractivity contribution in [1.29, 1.82) is 0 Å². The van der Waals surface area contributed by atoms with Crippen LogP contribution in [0.2, 0.25) is 0 Å². The summed E-state index contributed by atoms with van der Waals surface area (Å²) >= 11 is 3.76. The molecule has 0 radical (unpaired) electrons. The first-order valence-corrected chi connectivity index (χ1v) is 3.43. The lowest BCUT2D eigenvalue weighted by Gasteiger charge is -2.10. The molecule has 5 nitrogen and oxygen atoms in total. The van der Waals surface area contributed by atoms with Crippen molar-refractivity contribution in [1.82, 2.24) is 5.32 Å². The minimum absolute atomic E-state index is 0.0823. The summed E-state index contributed by atoms with van der Waals surface area (Å²) in [5.74, 6) is -0.554. The summed E-state index contributed by atoms with van der Waals surface area (Å²) < 4.78 is 4.29. The van der Waals surface area contributed by atoms with E-state index in [0.29, 0.717) is 0 Å². The molecule has 0 aliphatic heterocycles. The second-order valence-corrected chi connectivity index (χ2v) is 2.07. The maximum Gasteiger partial charge on any atom is 0.405 e. The van der Waals surface area contributed by atoms with Crippen LogP contribution in [0.4, 0.5) is 4.79 Å². The molecule has 2 N–H and O–H groups in total. The SMILES string of the molecule is COC(=O)[C@H](CS)NC(=O)O. The van der Waals surface area contributed by atoms with Gasteiger partial charge in [-0.1, -0.05) is 0 Å². The molecule has 6 heteroatoms. The van der Waals surface area contributed by atoms with Crippen molar-refractivity contribution >= 4 is 24.7 Å². The second-order valence-electron chi connectivity index (χ2n) is 1.71. The molecular formula is C5H9NO4S. The number of hydrogen-bond acceptors (Lipinski definition) is 4. The van der Waals surface area contributed by atoms with Gasteiger partial charge < -0.3 is 15.2 Å². The smallest absolute Gasteiger partial charge is 0.405 e. The van der Waals surface area contributed by atoms with Crippen molar-refractivity contribution in [2.24, 2.45) is 0 Å². The number of ether oxygens (including phenoxy) is 1. The topological polar surface area (TPSA) is 75.6 Å².